The van der Waals surface area contributed by atoms with Crippen molar-refractivity contribution in [3.63, 3.8) is 0 Å². The van der Waals surface area contributed by atoms with Crippen LogP contribution in [0, 0.1) is 10.8 Å². The smallest absolute Gasteiger partial charge is 0.180 e. The maximum atomic E-state index is 12.2. The maximum Gasteiger partial charge on any atom is 0.180 e. The van der Waals surface area contributed by atoms with Gasteiger partial charge in [-0.3, -0.25) is 9.59 Å². The lowest BCUT2D eigenvalue weighted by Gasteiger charge is -2.21. The van der Waals surface area contributed by atoms with Crippen LogP contribution in [0.25, 0.3) is 0 Å². The minimum atomic E-state index is -0.0406. The molecule has 0 aliphatic carbocycles. The van der Waals surface area contributed by atoms with E-state index in [-0.39, 0.29) is 34.9 Å². The van der Waals surface area contributed by atoms with Crippen LogP contribution in [0.1, 0.15) is 85.7 Å². The highest BCUT2D eigenvalue weighted by Crippen LogP contribution is 2.25. The second-order valence-electron chi connectivity index (χ2n) is 11.0. The summed E-state index contributed by atoms with van der Waals surface area (Å²) in [6.45, 7) is 8.71. The minimum absolute atomic E-state index is 0.0406. The van der Waals surface area contributed by atoms with E-state index in [4.69, 9.17) is 0 Å². The third kappa shape index (κ3) is 10.9. The summed E-state index contributed by atoms with van der Waals surface area (Å²) in [5.41, 5.74) is 0.0433. The Bertz CT molecular complexity index is 922. The minimum Gasteiger partial charge on any atom is -0.396 e. The van der Waals surface area contributed by atoms with Gasteiger partial charge < -0.3 is 10.2 Å². The Morgan fingerprint density at radius 1 is 0.588 bits per heavy atom. The molecular weight excluding hydrogens is 464 g/mol. The van der Waals surface area contributed by atoms with Crippen LogP contribution in [-0.4, -0.2) is 23.4 Å². The molecule has 0 saturated carbocycles. The van der Waals surface area contributed by atoms with Crippen LogP contribution in [0.3, 0.4) is 0 Å². The standard InChI is InChI=1S/C28H42O4S2/c1-27(2,19-29)13-7-5-9-23-15-21(31)17-25(33-23)11-12-26-18-22(32)16-24(34-26)10-6-8-14-28(3,4)20-30/h15-18,29-30H,5-14,19-20H2,1-4H3. The zero-order valence-electron chi connectivity index (χ0n) is 21.3. The van der Waals surface area contributed by atoms with Crippen LogP contribution >= 0.6 is 22.7 Å². The third-order valence-electron chi connectivity index (χ3n) is 6.26. The van der Waals surface area contributed by atoms with Crippen molar-refractivity contribution >= 4 is 22.7 Å². The number of aliphatic hydroxyl groups excluding tert-OH is 2. The quantitative estimate of drug-likeness (QED) is 0.300. The molecule has 0 radical (unpaired) electrons. The molecule has 0 amide bonds. The number of aliphatic hydroxyl groups is 2. The van der Waals surface area contributed by atoms with Gasteiger partial charge in [0.15, 0.2) is 10.9 Å². The molecule has 0 bridgehead atoms. The summed E-state index contributed by atoms with van der Waals surface area (Å²) in [5, 5.41) is 18.8. The first-order chi connectivity index (χ1) is 16.0. The topological polar surface area (TPSA) is 74.6 Å². The molecule has 2 N–H and O–H groups in total. The largest absolute Gasteiger partial charge is 0.396 e. The molecule has 2 heterocycles. The summed E-state index contributed by atoms with van der Waals surface area (Å²) < 4.78 is 0. The van der Waals surface area contributed by atoms with E-state index in [2.05, 4.69) is 27.7 Å². The Balaban J connectivity index is 1.90. The number of aryl methyl sites for hydroxylation is 4. The summed E-state index contributed by atoms with van der Waals surface area (Å²) in [7, 11) is 0. The van der Waals surface area contributed by atoms with Gasteiger partial charge in [0.1, 0.15) is 0 Å². The number of hydrogen-bond donors (Lipinski definition) is 2. The van der Waals surface area contributed by atoms with Crippen molar-refractivity contribution in [3.05, 3.63) is 64.2 Å². The Morgan fingerprint density at radius 3 is 1.24 bits per heavy atom. The molecule has 2 aromatic rings. The van der Waals surface area contributed by atoms with Gasteiger partial charge in [0.05, 0.1) is 0 Å². The molecule has 2 rings (SSSR count). The van der Waals surface area contributed by atoms with Crippen molar-refractivity contribution < 1.29 is 10.2 Å². The Kier molecular flexibility index (Phi) is 11.6. The van der Waals surface area contributed by atoms with Crippen molar-refractivity contribution in [1.82, 2.24) is 0 Å². The Morgan fingerprint density at radius 2 is 0.912 bits per heavy atom. The van der Waals surface area contributed by atoms with E-state index in [9.17, 15) is 19.8 Å². The first-order valence-corrected chi connectivity index (χ1v) is 14.1. The van der Waals surface area contributed by atoms with Gasteiger partial charge in [0.25, 0.3) is 0 Å². The Hall–Kier alpha value is -1.34. The van der Waals surface area contributed by atoms with Crippen molar-refractivity contribution in [3.8, 4) is 0 Å². The van der Waals surface area contributed by atoms with Gasteiger partial charge >= 0.3 is 0 Å². The SMILES string of the molecule is CC(C)(CO)CCCCc1cc(=O)cc(CCc2cc(=O)cc(CCCCC(C)(C)CO)s2)s1. The second-order valence-corrected chi connectivity index (χ2v) is 13.5. The summed E-state index contributed by atoms with van der Waals surface area (Å²) in [6.07, 6.45) is 9.40. The molecular formula is C28H42O4S2. The van der Waals surface area contributed by atoms with E-state index in [1.807, 2.05) is 0 Å². The highest BCUT2D eigenvalue weighted by atomic mass is 32.1. The summed E-state index contributed by atoms with van der Waals surface area (Å²) in [5.74, 6) is 0. The summed E-state index contributed by atoms with van der Waals surface area (Å²) in [4.78, 5) is 28.8. The first-order valence-electron chi connectivity index (χ1n) is 12.5. The molecule has 34 heavy (non-hydrogen) atoms. The van der Waals surface area contributed by atoms with E-state index in [0.29, 0.717) is 0 Å². The van der Waals surface area contributed by atoms with E-state index >= 15 is 0 Å². The van der Waals surface area contributed by atoms with E-state index in [0.717, 1.165) is 83.7 Å². The van der Waals surface area contributed by atoms with Crippen molar-refractivity contribution in [1.29, 1.82) is 0 Å². The van der Waals surface area contributed by atoms with Crippen LogP contribution in [-0.2, 0) is 25.7 Å². The van der Waals surface area contributed by atoms with Crippen LogP contribution < -0.4 is 10.9 Å². The van der Waals surface area contributed by atoms with E-state index in [1.165, 1.54) is 0 Å². The van der Waals surface area contributed by atoms with Crippen LogP contribution in [0.5, 0.6) is 0 Å². The molecule has 0 spiro atoms. The fraction of sp³-hybridized carbons (Fsp3) is 0.643. The fourth-order valence-corrected chi connectivity index (χ4v) is 6.15. The predicted octanol–water partition coefficient (Wildman–Crippen LogP) is 5.78. The average Bonchev–Trinajstić information content (AvgIpc) is 2.78. The van der Waals surface area contributed by atoms with Crippen LogP contribution in [0.4, 0.5) is 0 Å². The number of hydrogen-bond acceptors (Lipinski definition) is 6. The lowest BCUT2D eigenvalue weighted by Crippen LogP contribution is -2.16. The lowest BCUT2D eigenvalue weighted by atomic mass is 9.88. The number of rotatable bonds is 15. The van der Waals surface area contributed by atoms with Crippen LogP contribution in [0.2, 0.25) is 0 Å². The molecule has 0 aliphatic rings. The fourth-order valence-electron chi connectivity index (χ4n) is 3.88. The summed E-state index contributed by atoms with van der Waals surface area (Å²) >= 11 is 3.41. The highest BCUT2D eigenvalue weighted by Gasteiger charge is 2.16. The highest BCUT2D eigenvalue weighted by molar-refractivity contribution is 7.12. The Labute approximate surface area is 212 Å². The van der Waals surface area contributed by atoms with Crippen molar-refractivity contribution in [2.24, 2.45) is 10.8 Å². The first kappa shape index (κ1) is 28.9. The maximum absolute atomic E-state index is 12.2. The van der Waals surface area contributed by atoms with Gasteiger partial charge in [-0.25, -0.2) is 0 Å². The zero-order chi connectivity index (χ0) is 25.2. The van der Waals surface area contributed by atoms with E-state index < -0.39 is 0 Å². The molecule has 0 aromatic carbocycles. The van der Waals surface area contributed by atoms with Gasteiger partial charge in [-0.05, 0) is 86.5 Å². The van der Waals surface area contributed by atoms with Crippen molar-refractivity contribution in [2.45, 2.75) is 91.9 Å². The van der Waals surface area contributed by atoms with Gasteiger partial charge in [0.2, 0.25) is 0 Å². The van der Waals surface area contributed by atoms with Gasteiger partial charge in [0, 0.05) is 32.7 Å². The normalized spacial score (nSPS) is 12.3. The lowest BCUT2D eigenvalue weighted by molar-refractivity contribution is 0.147. The van der Waals surface area contributed by atoms with Gasteiger partial charge in [-0.15, -0.1) is 22.7 Å². The van der Waals surface area contributed by atoms with Gasteiger partial charge in [-0.2, -0.15) is 0 Å². The van der Waals surface area contributed by atoms with Crippen LogP contribution in [0.15, 0.2) is 33.9 Å². The molecule has 0 atom stereocenters. The molecule has 0 saturated heterocycles. The molecule has 0 fully saturated rings. The monoisotopic (exact) mass is 506 g/mol. The summed E-state index contributed by atoms with van der Waals surface area (Å²) in [6, 6.07) is 6.97. The average molecular weight is 507 g/mol. The molecule has 6 heteroatoms. The predicted molar refractivity (Wildman–Crippen MR) is 145 cm³/mol. The molecule has 0 unspecified atom stereocenters. The second kappa shape index (κ2) is 13.7. The zero-order valence-corrected chi connectivity index (χ0v) is 23.0. The van der Waals surface area contributed by atoms with Gasteiger partial charge in [-0.1, -0.05) is 40.5 Å². The third-order valence-corrected chi connectivity index (χ3v) is 8.60. The molecule has 2 aromatic heterocycles. The molecule has 190 valence electrons. The van der Waals surface area contributed by atoms with Crippen molar-refractivity contribution in [2.75, 3.05) is 13.2 Å². The number of unbranched alkanes of at least 4 members (excludes halogenated alkanes) is 2. The molecule has 4 nitrogen and oxygen atoms in total. The van der Waals surface area contributed by atoms with E-state index in [1.54, 1.807) is 46.9 Å². The molecule has 0 aliphatic heterocycles.